The van der Waals surface area contributed by atoms with E-state index >= 15 is 0 Å². The minimum absolute atomic E-state index is 0.0402. The van der Waals surface area contributed by atoms with E-state index in [1.807, 2.05) is 0 Å². The Kier molecular flexibility index (Phi) is 3.10. The van der Waals surface area contributed by atoms with Gasteiger partial charge in [0.1, 0.15) is 6.07 Å². The molecule has 2 N–H and O–H groups in total. The molecule has 0 saturated heterocycles. The number of hydrogen-bond donors (Lipinski definition) is 1. The zero-order chi connectivity index (χ0) is 9.68. The predicted octanol–water partition coefficient (Wildman–Crippen LogP) is 0.292. The Balaban J connectivity index is 2.86. The van der Waals surface area contributed by atoms with Gasteiger partial charge in [-0.1, -0.05) is 5.16 Å². The van der Waals surface area contributed by atoms with Crippen LogP contribution in [0.1, 0.15) is 5.82 Å². The molecule has 1 aromatic heterocycles. The van der Waals surface area contributed by atoms with E-state index in [2.05, 4.69) is 19.4 Å². The second-order valence-corrected chi connectivity index (χ2v) is 2.53. The Labute approximate surface area is 76.6 Å². The first-order valence-corrected chi connectivity index (χ1v) is 3.81. The molecular weight excluding hydrogens is 197 g/mol. The van der Waals surface area contributed by atoms with Gasteiger partial charge >= 0.3 is 0 Å². The molecule has 0 aliphatic heterocycles. The molecule has 0 atom stereocenters. The summed E-state index contributed by atoms with van der Waals surface area (Å²) in [6.45, 7) is -1.11. The van der Waals surface area contributed by atoms with Gasteiger partial charge in [0.2, 0.25) is 11.5 Å². The summed E-state index contributed by atoms with van der Waals surface area (Å²) in [6.07, 6.45) is 0. The van der Waals surface area contributed by atoms with Gasteiger partial charge in [-0.15, -0.1) is 0 Å². The van der Waals surface area contributed by atoms with Crippen LogP contribution in [0, 0.1) is 11.3 Å². The van der Waals surface area contributed by atoms with Crippen LogP contribution in [0.25, 0.3) is 0 Å². The zero-order valence-corrected chi connectivity index (χ0v) is 7.08. The van der Waals surface area contributed by atoms with Crippen molar-refractivity contribution in [3.63, 3.8) is 0 Å². The summed E-state index contributed by atoms with van der Waals surface area (Å²) < 4.78 is 15.2. The van der Waals surface area contributed by atoms with Gasteiger partial charge in [0.15, 0.2) is 5.13 Å². The van der Waals surface area contributed by atoms with Crippen LogP contribution >= 0.6 is 11.5 Å². The molecule has 1 rings (SSSR count). The van der Waals surface area contributed by atoms with Crippen molar-refractivity contribution >= 4 is 22.4 Å². The van der Waals surface area contributed by atoms with Gasteiger partial charge in [-0.2, -0.15) is 14.6 Å². The number of nitrogens with two attached hydrogens (primary N) is 1. The van der Waals surface area contributed by atoms with Crippen LogP contribution in [-0.4, -0.2) is 21.9 Å². The number of rotatable bonds is 3. The predicted molar refractivity (Wildman–Crippen MR) is 43.5 cm³/mol. The van der Waals surface area contributed by atoms with Crippen LogP contribution in [-0.2, 0) is 4.84 Å². The van der Waals surface area contributed by atoms with Crippen LogP contribution in [0.15, 0.2) is 5.16 Å². The molecule has 0 saturated carbocycles. The lowest BCUT2D eigenvalue weighted by Gasteiger charge is -1.89. The number of nitriles is 1. The van der Waals surface area contributed by atoms with E-state index in [9.17, 15) is 4.39 Å². The van der Waals surface area contributed by atoms with E-state index < -0.39 is 6.86 Å². The molecule has 0 fully saturated rings. The molecule has 0 aliphatic rings. The number of anilines is 1. The van der Waals surface area contributed by atoms with Gasteiger partial charge in [0.25, 0.3) is 6.86 Å². The monoisotopic (exact) mass is 201 g/mol. The molecule has 0 bridgehead atoms. The fraction of sp³-hybridized carbons (Fsp3) is 0.200. The van der Waals surface area contributed by atoms with Crippen molar-refractivity contribution in [1.82, 2.24) is 9.36 Å². The summed E-state index contributed by atoms with van der Waals surface area (Å²) in [7, 11) is 0. The quantitative estimate of drug-likeness (QED) is 0.560. The molecule has 1 aromatic rings. The van der Waals surface area contributed by atoms with E-state index in [0.29, 0.717) is 0 Å². The second-order valence-electron chi connectivity index (χ2n) is 1.75. The van der Waals surface area contributed by atoms with Crippen LogP contribution in [0.3, 0.4) is 0 Å². The minimum atomic E-state index is -1.11. The molecule has 0 radical (unpaired) electrons. The lowest BCUT2D eigenvalue weighted by atomic mass is 10.4. The minimum Gasteiger partial charge on any atom is -0.374 e. The first kappa shape index (κ1) is 9.34. The average molecular weight is 201 g/mol. The van der Waals surface area contributed by atoms with E-state index in [1.165, 1.54) is 0 Å². The van der Waals surface area contributed by atoms with E-state index in [4.69, 9.17) is 11.0 Å². The third kappa shape index (κ3) is 2.34. The molecule has 0 amide bonds. The van der Waals surface area contributed by atoms with Gasteiger partial charge in [-0.25, -0.2) is 4.39 Å². The third-order valence-corrected chi connectivity index (χ3v) is 1.51. The summed E-state index contributed by atoms with van der Waals surface area (Å²) >= 11 is 0.917. The second kappa shape index (κ2) is 4.32. The normalized spacial score (nSPS) is 10.9. The Morgan fingerprint density at radius 3 is 3.08 bits per heavy atom. The first-order chi connectivity index (χ1) is 6.27. The topological polar surface area (TPSA) is 97.2 Å². The van der Waals surface area contributed by atoms with Crippen molar-refractivity contribution < 1.29 is 9.23 Å². The van der Waals surface area contributed by atoms with Crippen molar-refractivity contribution in [3.05, 3.63) is 5.82 Å². The van der Waals surface area contributed by atoms with Crippen LogP contribution in [0.5, 0.6) is 0 Å². The highest BCUT2D eigenvalue weighted by Gasteiger charge is 2.09. The van der Waals surface area contributed by atoms with Gasteiger partial charge in [0, 0.05) is 11.5 Å². The smallest absolute Gasteiger partial charge is 0.255 e. The molecule has 8 heteroatoms. The number of hydrogen-bond acceptors (Lipinski definition) is 7. The van der Waals surface area contributed by atoms with Crippen molar-refractivity contribution in [2.24, 2.45) is 5.16 Å². The Morgan fingerprint density at radius 1 is 1.85 bits per heavy atom. The Bertz CT molecular complexity index is 356. The van der Waals surface area contributed by atoms with Gasteiger partial charge in [0.05, 0.1) is 0 Å². The molecule has 1 heterocycles. The summed E-state index contributed by atoms with van der Waals surface area (Å²) in [5.41, 5.74) is 5.06. The maximum atomic E-state index is 11.5. The van der Waals surface area contributed by atoms with E-state index in [-0.39, 0.29) is 16.7 Å². The highest BCUT2D eigenvalue weighted by Crippen LogP contribution is 2.06. The number of nitrogen functional groups attached to an aromatic ring is 1. The maximum absolute atomic E-state index is 11.5. The number of nitrogens with zero attached hydrogens (tertiary/aromatic N) is 4. The lowest BCUT2D eigenvalue weighted by molar-refractivity contribution is 0.0639. The zero-order valence-electron chi connectivity index (χ0n) is 6.27. The highest BCUT2D eigenvalue weighted by molar-refractivity contribution is 7.09. The Morgan fingerprint density at radius 2 is 2.62 bits per heavy atom. The highest BCUT2D eigenvalue weighted by atomic mass is 32.1. The van der Waals surface area contributed by atoms with Crippen molar-refractivity contribution in [1.29, 1.82) is 5.26 Å². The fourth-order valence-corrected chi connectivity index (χ4v) is 0.966. The SMILES string of the molecule is N#CC(=NOCF)c1nsc(N)n1. The Hall–Kier alpha value is -1.75. The molecule has 0 spiro atoms. The van der Waals surface area contributed by atoms with Crippen LogP contribution in [0.4, 0.5) is 9.52 Å². The van der Waals surface area contributed by atoms with Crippen LogP contribution in [0.2, 0.25) is 0 Å². The molecule has 0 aliphatic carbocycles. The standard InChI is InChI=1S/C5H4FN5OS/c6-2-12-10-3(1-7)4-9-5(8)13-11-4/h2H2,(H2,8,9,11). The summed E-state index contributed by atoms with van der Waals surface area (Å²) in [4.78, 5) is 7.70. The lowest BCUT2D eigenvalue weighted by Crippen LogP contribution is -2.01. The van der Waals surface area contributed by atoms with Crippen LogP contribution < -0.4 is 5.73 Å². The average Bonchev–Trinajstić information content (AvgIpc) is 2.54. The molecular formula is C5H4FN5OS. The maximum Gasteiger partial charge on any atom is 0.255 e. The third-order valence-electron chi connectivity index (χ3n) is 0.964. The largest absolute Gasteiger partial charge is 0.374 e. The first-order valence-electron chi connectivity index (χ1n) is 3.03. The van der Waals surface area contributed by atoms with Gasteiger partial charge in [-0.3, -0.25) is 0 Å². The molecule has 6 nitrogen and oxygen atoms in total. The van der Waals surface area contributed by atoms with E-state index in [0.717, 1.165) is 11.5 Å². The number of aromatic nitrogens is 2. The molecule has 13 heavy (non-hydrogen) atoms. The fourth-order valence-electron chi connectivity index (χ4n) is 0.532. The number of alkyl halides is 1. The van der Waals surface area contributed by atoms with Gasteiger partial charge in [-0.05, 0) is 0 Å². The van der Waals surface area contributed by atoms with Crippen molar-refractivity contribution in [2.75, 3.05) is 12.6 Å². The number of halogens is 1. The summed E-state index contributed by atoms with van der Waals surface area (Å²) in [6, 6.07) is 1.65. The number of oxime groups is 1. The van der Waals surface area contributed by atoms with Crippen molar-refractivity contribution in [3.8, 4) is 6.07 Å². The van der Waals surface area contributed by atoms with Gasteiger partial charge < -0.3 is 10.6 Å². The van der Waals surface area contributed by atoms with E-state index in [1.54, 1.807) is 6.07 Å². The molecule has 0 unspecified atom stereocenters. The van der Waals surface area contributed by atoms with Crippen molar-refractivity contribution in [2.45, 2.75) is 0 Å². The summed E-state index contributed by atoms with van der Waals surface area (Å²) in [5, 5.41) is 11.9. The summed E-state index contributed by atoms with van der Waals surface area (Å²) in [5.74, 6) is 0.0402. The molecule has 0 aromatic carbocycles. The molecule has 68 valence electrons.